The molecule has 1 aromatic carbocycles. The van der Waals surface area contributed by atoms with Crippen molar-refractivity contribution < 1.29 is 13.2 Å². The van der Waals surface area contributed by atoms with Crippen molar-refractivity contribution in [2.45, 2.75) is 25.1 Å². The summed E-state index contributed by atoms with van der Waals surface area (Å²) >= 11 is 5.49. The molecule has 2 unspecified atom stereocenters. The number of halogens is 3. The molecule has 0 saturated carbocycles. The maximum atomic E-state index is 12.7. The van der Waals surface area contributed by atoms with E-state index in [9.17, 15) is 18.0 Å². The minimum atomic E-state index is -4.35. The van der Waals surface area contributed by atoms with Crippen molar-refractivity contribution in [3.05, 3.63) is 64.1 Å². The molecule has 2 aliphatic rings. The summed E-state index contributed by atoms with van der Waals surface area (Å²) in [5.74, 6) is 0.544. The third kappa shape index (κ3) is 3.58. The summed E-state index contributed by atoms with van der Waals surface area (Å²) in [4.78, 5) is 14.1. The second-order valence-corrected chi connectivity index (χ2v) is 7.50. The first kappa shape index (κ1) is 18.0. The van der Waals surface area contributed by atoms with E-state index in [2.05, 4.69) is 5.32 Å². The van der Waals surface area contributed by atoms with E-state index in [1.54, 1.807) is 12.1 Å². The highest BCUT2D eigenvalue weighted by Crippen LogP contribution is 2.35. The van der Waals surface area contributed by atoms with Gasteiger partial charge in [-0.05, 0) is 54.9 Å². The third-order valence-corrected chi connectivity index (χ3v) is 5.59. The van der Waals surface area contributed by atoms with E-state index in [0.29, 0.717) is 29.8 Å². The number of benzene rings is 1. The molecular weight excluding hydrogens is 375 g/mol. The number of rotatable bonds is 1. The number of nitrogens with one attached hydrogen (secondary N) is 1. The van der Waals surface area contributed by atoms with Crippen LogP contribution in [0.1, 0.15) is 23.6 Å². The zero-order valence-electron chi connectivity index (χ0n) is 14.4. The van der Waals surface area contributed by atoms with Crippen molar-refractivity contribution in [2.24, 2.45) is 5.92 Å². The molecule has 0 amide bonds. The van der Waals surface area contributed by atoms with Gasteiger partial charge in [-0.3, -0.25) is 4.79 Å². The lowest BCUT2D eigenvalue weighted by Crippen LogP contribution is -2.50. The first-order valence-corrected chi connectivity index (χ1v) is 9.15. The molecule has 8 heteroatoms. The second-order valence-electron chi connectivity index (χ2n) is 7.11. The Hall–Kier alpha value is -2.35. The number of alkyl halides is 3. The molecule has 1 N–H and O–H groups in total. The van der Waals surface area contributed by atoms with E-state index in [4.69, 9.17) is 12.2 Å². The first-order valence-electron chi connectivity index (χ1n) is 8.74. The molecule has 4 rings (SSSR count). The predicted molar refractivity (Wildman–Crippen MR) is 101 cm³/mol. The quantitative estimate of drug-likeness (QED) is 0.750. The fraction of sp³-hybridized carbons (Fsp3) is 0.368. The summed E-state index contributed by atoms with van der Waals surface area (Å²) < 4.78 is 39.9. The number of pyridine rings is 1. The average Bonchev–Trinajstić information content (AvgIpc) is 2.62. The smallest absolute Gasteiger partial charge is 0.348 e. The summed E-state index contributed by atoms with van der Waals surface area (Å²) in [5, 5.41) is 3.53. The molecule has 2 aromatic rings. The Labute approximate surface area is 159 Å². The van der Waals surface area contributed by atoms with Crippen LogP contribution < -0.4 is 10.9 Å². The minimum absolute atomic E-state index is 0.0288. The number of anilines is 1. The summed E-state index contributed by atoms with van der Waals surface area (Å²) in [7, 11) is 0. The Balaban J connectivity index is 1.47. The van der Waals surface area contributed by atoms with Gasteiger partial charge in [0.1, 0.15) is 0 Å². The summed E-state index contributed by atoms with van der Waals surface area (Å²) in [5.41, 5.74) is 0.899. The Morgan fingerprint density at radius 3 is 2.52 bits per heavy atom. The van der Waals surface area contributed by atoms with Gasteiger partial charge in [0, 0.05) is 43.0 Å². The maximum absolute atomic E-state index is 12.7. The standard InChI is InChI=1S/C19H18F3N3OS/c20-19(21,22)14-4-6-15(7-5-14)23-18(27)24-9-12-8-13(11-24)16-2-1-3-17(26)25(16)10-12/h1-7,12-13H,8-11H2,(H,23,27). The van der Waals surface area contributed by atoms with Crippen LogP contribution in [0.3, 0.4) is 0 Å². The predicted octanol–water partition coefficient (Wildman–Crippen LogP) is 3.68. The zero-order chi connectivity index (χ0) is 19.2. The number of hydrogen-bond donors (Lipinski definition) is 1. The minimum Gasteiger partial charge on any atom is -0.348 e. The van der Waals surface area contributed by atoms with Gasteiger partial charge in [-0.15, -0.1) is 0 Å². The molecule has 2 atom stereocenters. The summed E-state index contributed by atoms with van der Waals surface area (Å²) in [6.07, 6.45) is -3.34. The van der Waals surface area contributed by atoms with Crippen molar-refractivity contribution in [3.63, 3.8) is 0 Å². The van der Waals surface area contributed by atoms with Crippen LogP contribution in [0.5, 0.6) is 0 Å². The van der Waals surface area contributed by atoms with E-state index in [1.807, 2.05) is 15.5 Å². The van der Waals surface area contributed by atoms with Crippen LogP contribution in [0.15, 0.2) is 47.3 Å². The molecule has 3 heterocycles. The molecule has 0 spiro atoms. The van der Waals surface area contributed by atoms with Gasteiger partial charge in [-0.25, -0.2) is 0 Å². The van der Waals surface area contributed by atoms with Crippen molar-refractivity contribution in [3.8, 4) is 0 Å². The molecule has 142 valence electrons. The summed E-state index contributed by atoms with van der Waals surface area (Å²) in [6, 6.07) is 10.2. The van der Waals surface area contributed by atoms with Crippen molar-refractivity contribution in [2.75, 3.05) is 18.4 Å². The molecule has 1 aromatic heterocycles. The molecule has 0 aliphatic carbocycles. The largest absolute Gasteiger partial charge is 0.416 e. The molecule has 2 bridgehead atoms. The van der Waals surface area contributed by atoms with Crippen LogP contribution in [0, 0.1) is 5.92 Å². The van der Waals surface area contributed by atoms with Gasteiger partial charge in [0.25, 0.3) is 5.56 Å². The lowest BCUT2D eigenvalue weighted by atomic mass is 9.83. The SMILES string of the molecule is O=c1cccc2n1CC1CC2CN(C(=S)Nc2ccc(C(F)(F)F)cc2)C1. The Kier molecular flexibility index (Phi) is 4.46. The van der Waals surface area contributed by atoms with E-state index in [0.717, 1.165) is 30.8 Å². The van der Waals surface area contributed by atoms with Gasteiger partial charge < -0.3 is 14.8 Å². The fourth-order valence-electron chi connectivity index (χ4n) is 4.01. The molecule has 2 aliphatic heterocycles. The van der Waals surface area contributed by atoms with Gasteiger partial charge >= 0.3 is 6.18 Å². The van der Waals surface area contributed by atoms with Crippen LogP contribution in [0.2, 0.25) is 0 Å². The number of fused-ring (bicyclic) bond motifs is 4. The number of nitrogens with zero attached hydrogens (tertiary/aromatic N) is 2. The van der Waals surface area contributed by atoms with Gasteiger partial charge in [-0.2, -0.15) is 13.2 Å². The lowest BCUT2D eigenvalue weighted by Gasteiger charge is -2.43. The number of piperidine rings is 1. The van der Waals surface area contributed by atoms with Crippen molar-refractivity contribution in [1.29, 1.82) is 0 Å². The highest BCUT2D eigenvalue weighted by molar-refractivity contribution is 7.80. The molecule has 0 radical (unpaired) electrons. The highest BCUT2D eigenvalue weighted by Gasteiger charge is 2.35. The zero-order valence-corrected chi connectivity index (χ0v) is 15.2. The first-order chi connectivity index (χ1) is 12.8. The number of thiocarbonyl (C=S) groups is 1. The van der Waals surface area contributed by atoms with Crippen molar-refractivity contribution >= 4 is 23.0 Å². The monoisotopic (exact) mass is 393 g/mol. The van der Waals surface area contributed by atoms with Crippen molar-refractivity contribution in [1.82, 2.24) is 9.47 Å². The second kappa shape index (κ2) is 6.67. The molecule has 1 fully saturated rings. The van der Waals surface area contributed by atoms with Gasteiger partial charge in [-0.1, -0.05) is 6.07 Å². The summed E-state index contributed by atoms with van der Waals surface area (Å²) in [6.45, 7) is 2.08. The number of likely N-dealkylation sites (tertiary alicyclic amines) is 1. The van der Waals surface area contributed by atoms with Gasteiger partial charge in [0.05, 0.1) is 5.56 Å². The number of aromatic nitrogens is 1. The van der Waals surface area contributed by atoms with Crippen LogP contribution in [-0.4, -0.2) is 27.7 Å². The fourth-order valence-corrected chi connectivity index (χ4v) is 4.27. The normalized spacial score (nSPS) is 21.5. The lowest BCUT2D eigenvalue weighted by molar-refractivity contribution is -0.137. The van der Waals surface area contributed by atoms with Gasteiger partial charge in [0.15, 0.2) is 5.11 Å². The van der Waals surface area contributed by atoms with E-state index in [1.165, 1.54) is 12.1 Å². The Morgan fingerprint density at radius 1 is 1.07 bits per heavy atom. The van der Waals surface area contributed by atoms with Crippen LogP contribution >= 0.6 is 12.2 Å². The highest BCUT2D eigenvalue weighted by atomic mass is 32.1. The van der Waals surface area contributed by atoms with E-state index >= 15 is 0 Å². The number of hydrogen-bond acceptors (Lipinski definition) is 2. The average molecular weight is 393 g/mol. The molecule has 1 saturated heterocycles. The van der Waals surface area contributed by atoms with Crippen LogP contribution in [-0.2, 0) is 12.7 Å². The molecule has 4 nitrogen and oxygen atoms in total. The van der Waals surface area contributed by atoms with E-state index in [-0.39, 0.29) is 11.5 Å². The van der Waals surface area contributed by atoms with Crippen LogP contribution in [0.4, 0.5) is 18.9 Å². The van der Waals surface area contributed by atoms with Crippen LogP contribution in [0.25, 0.3) is 0 Å². The Morgan fingerprint density at radius 2 is 1.81 bits per heavy atom. The third-order valence-electron chi connectivity index (χ3n) is 5.23. The molecule has 27 heavy (non-hydrogen) atoms. The van der Waals surface area contributed by atoms with Gasteiger partial charge in [0.2, 0.25) is 0 Å². The maximum Gasteiger partial charge on any atom is 0.416 e. The topological polar surface area (TPSA) is 37.3 Å². The van der Waals surface area contributed by atoms with E-state index < -0.39 is 11.7 Å². The Bertz CT molecular complexity index is 923. The molecular formula is C19H18F3N3OS.